The van der Waals surface area contributed by atoms with Gasteiger partial charge in [-0.15, -0.1) is 0 Å². The Kier molecular flexibility index (Phi) is 8.46. The lowest BCUT2D eigenvalue weighted by Crippen LogP contribution is -2.19. The summed E-state index contributed by atoms with van der Waals surface area (Å²) in [6, 6.07) is 16.4. The maximum Gasteiger partial charge on any atom is 0.340 e. The van der Waals surface area contributed by atoms with Crippen molar-refractivity contribution in [1.82, 2.24) is 5.32 Å². The van der Waals surface area contributed by atoms with Crippen LogP contribution in [0.15, 0.2) is 60.3 Å². The quantitative estimate of drug-likeness (QED) is 0.291. The number of carbonyl (C=O) groups is 2. The van der Waals surface area contributed by atoms with Gasteiger partial charge in [0.25, 0.3) is 5.91 Å². The number of ether oxygens (including phenoxy) is 1. The predicted octanol–water partition coefficient (Wildman–Crippen LogP) is 4.09. The van der Waals surface area contributed by atoms with Crippen molar-refractivity contribution in [3.8, 4) is 6.07 Å². The number of nitriles is 1. The van der Waals surface area contributed by atoms with Crippen molar-refractivity contribution in [2.75, 3.05) is 11.9 Å². The van der Waals surface area contributed by atoms with Gasteiger partial charge in [0.05, 0.1) is 17.9 Å². The van der Waals surface area contributed by atoms with Gasteiger partial charge in [-0.2, -0.15) is 5.26 Å². The standard InChI is InChI=1S/C23H25N3O3/c1-3-4-13-29-23(28)20-7-5-6-8-21(20)26-22(27)19(14-24)16-25-15-18-11-9-17(2)10-12-18/h5-12,16,25H,3-4,13,15H2,1-2H3,(H,26,27)/b19-16-. The molecule has 6 nitrogen and oxygen atoms in total. The Morgan fingerprint density at radius 1 is 1.14 bits per heavy atom. The van der Waals surface area contributed by atoms with Gasteiger partial charge in [-0.25, -0.2) is 4.79 Å². The van der Waals surface area contributed by atoms with Gasteiger partial charge in [0.2, 0.25) is 0 Å². The Morgan fingerprint density at radius 3 is 2.55 bits per heavy atom. The first-order chi connectivity index (χ1) is 14.0. The number of anilines is 1. The number of amides is 1. The van der Waals surface area contributed by atoms with Crippen LogP contribution in [0.1, 0.15) is 41.3 Å². The summed E-state index contributed by atoms with van der Waals surface area (Å²) < 4.78 is 5.22. The second-order valence-electron chi connectivity index (χ2n) is 6.53. The Bertz CT molecular complexity index is 912. The minimum Gasteiger partial charge on any atom is -0.462 e. The zero-order valence-corrected chi connectivity index (χ0v) is 16.7. The van der Waals surface area contributed by atoms with Crippen LogP contribution in [0, 0.1) is 18.3 Å². The maximum absolute atomic E-state index is 12.5. The summed E-state index contributed by atoms with van der Waals surface area (Å²) in [6.45, 7) is 4.82. The highest BCUT2D eigenvalue weighted by atomic mass is 16.5. The lowest BCUT2D eigenvalue weighted by molar-refractivity contribution is -0.112. The summed E-state index contributed by atoms with van der Waals surface area (Å²) in [5.41, 5.74) is 2.66. The number of hydrogen-bond acceptors (Lipinski definition) is 5. The highest BCUT2D eigenvalue weighted by molar-refractivity contribution is 6.09. The third kappa shape index (κ3) is 6.82. The van der Waals surface area contributed by atoms with E-state index in [4.69, 9.17) is 4.74 Å². The molecule has 0 aromatic heterocycles. The van der Waals surface area contributed by atoms with E-state index >= 15 is 0 Å². The Labute approximate surface area is 171 Å². The molecule has 2 N–H and O–H groups in total. The first-order valence-corrected chi connectivity index (χ1v) is 9.51. The van der Waals surface area contributed by atoms with E-state index in [1.807, 2.05) is 44.2 Å². The summed E-state index contributed by atoms with van der Waals surface area (Å²) >= 11 is 0. The minimum absolute atomic E-state index is 0.0914. The van der Waals surface area contributed by atoms with Crippen molar-refractivity contribution in [2.24, 2.45) is 0 Å². The number of unbranched alkanes of at least 4 members (excludes halogenated alkanes) is 1. The third-order valence-corrected chi connectivity index (χ3v) is 4.16. The van der Waals surface area contributed by atoms with Gasteiger partial charge in [-0.1, -0.05) is 55.3 Å². The van der Waals surface area contributed by atoms with Crippen LogP contribution < -0.4 is 10.6 Å². The normalized spacial score (nSPS) is 10.7. The van der Waals surface area contributed by atoms with Crippen molar-refractivity contribution in [2.45, 2.75) is 33.2 Å². The largest absolute Gasteiger partial charge is 0.462 e. The van der Waals surface area contributed by atoms with Crippen LogP contribution in [0.5, 0.6) is 0 Å². The van der Waals surface area contributed by atoms with Crippen molar-refractivity contribution in [3.05, 3.63) is 77.0 Å². The molecule has 0 spiro atoms. The van der Waals surface area contributed by atoms with Crippen molar-refractivity contribution in [1.29, 1.82) is 5.26 Å². The predicted molar refractivity (Wildman–Crippen MR) is 112 cm³/mol. The summed E-state index contributed by atoms with van der Waals surface area (Å²) in [6.07, 6.45) is 3.06. The molecule has 1 amide bonds. The molecule has 0 radical (unpaired) electrons. The van der Waals surface area contributed by atoms with E-state index in [1.54, 1.807) is 24.3 Å². The van der Waals surface area contributed by atoms with E-state index in [0.717, 1.165) is 24.0 Å². The fourth-order valence-electron chi connectivity index (χ4n) is 2.47. The van der Waals surface area contributed by atoms with Crippen LogP contribution in [0.2, 0.25) is 0 Å². The first kappa shape index (κ1) is 21.7. The number of nitrogens with zero attached hydrogens (tertiary/aromatic N) is 1. The molecule has 2 rings (SSSR count). The molecule has 0 heterocycles. The fourth-order valence-corrected chi connectivity index (χ4v) is 2.47. The number of carbonyl (C=O) groups excluding carboxylic acids is 2. The molecule has 0 saturated carbocycles. The molecule has 0 aliphatic carbocycles. The van der Waals surface area contributed by atoms with Crippen LogP contribution in [-0.2, 0) is 16.1 Å². The highest BCUT2D eigenvalue weighted by Crippen LogP contribution is 2.17. The van der Waals surface area contributed by atoms with Crippen molar-refractivity contribution < 1.29 is 14.3 Å². The fraction of sp³-hybridized carbons (Fsp3) is 0.261. The highest BCUT2D eigenvalue weighted by Gasteiger charge is 2.16. The molecule has 2 aromatic rings. The number of hydrogen-bond donors (Lipinski definition) is 2. The van der Waals surface area contributed by atoms with Gasteiger partial charge in [0.15, 0.2) is 0 Å². The van der Waals surface area contributed by atoms with E-state index in [1.165, 1.54) is 6.20 Å². The molecule has 2 aromatic carbocycles. The topological polar surface area (TPSA) is 91.2 Å². The first-order valence-electron chi connectivity index (χ1n) is 9.51. The average Bonchev–Trinajstić information content (AvgIpc) is 2.73. The number of aryl methyl sites for hydroxylation is 1. The number of benzene rings is 2. The van der Waals surface area contributed by atoms with Crippen molar-refractivity contribution >= 4 is 17.6 Å². The van der Waals surface area contributed by atoms with Gasteiger partial charge in [0.1, 0.15) is 11.6 Å². The zero-order chi connectivity index (χ0) is 21.1. The van der Waals surface area contributed by atoms with Gasteiger partial charge < -0.3 is 15.4 Å². The van der Waals surface area contributed by atoms with E-state index in [-0.39, 0.29) is 11.1 Å². The van der Waals surface area contributed by atoms with Crippen molar-refractivity contribution in [3.63, 3.8) is 0 Å². The summed E-state index contributed by atoms with van der Waals surface area (Å²) in [4.78, 5) is 24.7. The van der Waals surface area contributed by atoms with Crippen LogP contribution in [0.3, 0.4) is 0 Å². The molecule has 6 heteroatoms. The SMILES string of the molecule is CCCCOC(=O)c1ccccc1NC(=O)/C(C#N)=C\NCc1ccc(C)cc1. The Balaban J connectivity index is 2.02. The number of para-hydroxylation sites is 1. The van der Waals surface area contributed by atoms with Gasteiger partial charge >= 0.3 is 5.97 Å². The summed E-state index contributed by atoms with van der Waals surface area (Å²) in [5, 5.41) is 14.9. The van der Waals surface area contributed by atoms with Gasteiger partial charge in [0, 0.05) is 12.7 Å². The maximum atomic E-state index is 12.5. The van der Waals surface area contributed by atoms with E-state index in [9.17, 15) is 14.9 Å². The van der Waals surface area contributed by atoms with Crippen LogP contribution in [0.25, 0.3) is 0 Å². The van der Waals surface area contributed by atoms with E-state index < -0.39 is 11.9 Å². The van der Waals surface area contributed by atoms with Gasteiger partial charge in [-0.05, 0) is 31.0 Å². The van der Waals surface area contributed by atoms with Crippen LogP contribution in [0.4, 0.5) is 5.69 Å². The molecule has 0 fully saturated rings. The van der Waals surface area contributed by atoms with Crippen LogP contribution >= 0.6 is 0 Å². The Hall–Kier alpha value is -3.59. The number of nitrogens with one attached hydrogen (secondary N) is 2. The molecular formula is C23H25N3O3. The second kappa shape index (κ2) is 11.3. The number of rotatable bonds is 9. The molecule has 0 atom stereocenters. The lowest BCUT2D eigenvalue weighted by atomic mass is 10.1. The molecule has 0 unspecified atom stereocenters. The van der Waals surface area contributed by atoms with Gasteiger partial charge in [-0.3, -0.25) is 4.79 Å². The van der Waals surface area contributed by atoms with E-state index in [2.05, 4.69) is 10.6 Å². The summed E-state index contributed by atoms with van der Waals surface area (Å²) in [5.74, 6) is -1.10. The molecule has 0 aliphatic heterocycles. The smallest absolute Gasteiger partial charge is 0.340 e. The Morgan fingerprint density at radius 2 is 1.86 bits per heavy atom. The monoisotopic (exact) mass is 391 g/mol. The molecule has 29 heavy (non-hydrogen) atoms. The minimum atomic E-state index is -0.599. The second-order valence-corrected chi connectivity index (χ2v) is 6.53. The average molecular weight is 391 g/mol. The van der Waals surface area contributed by atoms with Crippen LogP contribution in [-0.4, -0.2) is 18.5 Å². The zero-order valence-electron chi connectivity index (χ0n) is 16.7. The third-order valence-electron chi connectivity index (χ3n) is 4.16. The summed E-state index contributed by atoms with van der Waals surface area (Å²) in [7, 11) is 0. The number of esters is 1. The van der Waals surface area contributed by atoms with E-state index in [0.29, 0.717) is 18.8 Å². The molecule has 0 aliphatic rings. The lowest BCUT2D eigenvalue weighted by Gasteiger charge is -2.10. The molecule has 150 valence electrons. The molecular weight excluding hydrogens is 366 g/mol. The molecule has 0 saturated heterocycles. The molecule has 0 bridgehead atoms.